The van der Waals surface area contributed by atoms with Crippen LogP contribution in [-0.4, -0.2) is 22.0 Å². The number of hydrogen-bond donors (Lipinski definition) is 2. The lowest BCUT2D eigenvalue weighted by atomic mass is 9.82. The second-order valence-electron chi connectivity index (χ2n) is 7.57. The Morgan fingerprint density at radius 3 is 2.56 bits per heavy atom. The fraction of sp³-hybridized carbons (Fsp3) is 0.381. The van der Waals surface area contributed by atoms with Crippen molar-refractivity contribution in [1.29, 1.82) is 0 Å². The maximum Gasteiger partial charge on any atom is 0.307 e. The lowest BCUT2D eigenvalue weighted by molar-refractivity contribution is -0.146. The van der Waals surface area contributed by atoms with Gasteiger partial charge in [-0.1, -0.05) is 29.8 Å². The molecule has 0 radical (unpaired) electrons. The van der Waals surface area contributed by atoms with Gasteiger partial charge in [-0.3, -0.25) is 9.59 Å². The predicted molar refractivity (Wildman–Crippen MR) is 106 cm³/mol. The number of rotatable bonds is 4. The van der Waals surface area contributed by atoms with Crippen LogP contribution in [0.15, 0.2) is 30.4 Å². The largest absolute Gasteiger partial charge is 0.481 e. The van der Waals surface area contributed by atoms with Gasteiger partial charge in [0.1, 0.15) is 0 Å². The zero-order valence-electron chi connectivity index (χ0n) is 15.5. The molecule has 0 spiro atoms. The summed E-state index contributed by atoms with van der Waals surface area (Å²) in [4.78, 5) is 30.2. The molecule has 5 nitrogen and oxygen atoms in total. The molecule has 1 fully saturated rings. The first-order valence-electron chi connectivity index (χ1n) is 9.12. The maximum atomic E-state index is 12.9. The minimum absolute atomic E-state index is 0.00986. The molecule has 2 aliphatic rings. The average molecular weight is 382 g/mol. The number of carbonyl (C=O) groups excluding carboxylic acids is 1. The Morgan fingerprint density at radius 1 is 1.15 bits per heavy atom. The van der Waals surface area contributed by atoms with Gasteiger partial charge in [-0.2, -0.15) is 0 Å². The summed E-state index contributed by atoms with van der Waals surface area (Å²) in [6.45, 7) is 6.08. The second kappa shape index (κ2) is 6.60. The van der Waals surface area contributed by atoms with Crippen LogP contribution in [0.25, 0.3) is 11.3 Å². The average Bonchev–Trinajstić information content (AvgIpc) is 3.31. The van der Waals surface area contributed by atoms with Crippen LogP contribution in [0.4, 0.5) is 5.13 Å². The predicted octanol–water partition coefficient (Wildman–Crippen LogP) is 4.20. The van der Waals surface area contributed by atoms with E-state index in [4.69, 9.17) is 0 Å². The molecule has 27 heavy (non-hydrogen) atoms. The topological polar surface area (TPSA) is 79.3 Å². The van der Waals surface area contributed by atoms with Crippen molar-refractivity contribution >= 4 is 28.3 Å². The van der Waals surface area contributed by atoms with Gasteiger partial charge in [-0.05, 0) is 50.7 Å². The quantitative estimate of drug-likeness (QED) is 0.777. The van der Waals surface area contributed by atoms with Gasteiger partial charge in [-0.25, -0.2) is 4.98 Å². The normalized spacial score (nSPS) is 25.7. The van der Waals surface area contributed by atoms with E-state index < -0.39 is 17.8 Å². The number of carboxylic acid groups (broad SMARTS) is 1. The third-order valence-corrected chi connectivity index (χ3v) is 6.61. The van der Waals surface area contributed by atoms with Crippen molar-refractivity contribution in [2.45, 2.75) is 27.2 Å². The molecular formula is C21H22N2O3S. The molecule has 2 aromatic rings. The molecule has 2 bridgehead atoms. The van der Waals surface area contributed by atoms with Crippen LogP contribution in [0, 0.1) is 44.4 Å². The highest BCUT2D eigenvalue weighted by Gasteiger charge is 2.51. The first kappa shape index (κ1) is 17.9. The van der Waals surface area contributed by atoms with E-state index in [-0.39, 0.29) is 17.7 Å². The fourth-order valence-corrected chi connectivity index (χ4v) is 5.23. The molecule has 4 rings (SSSR count). The van der Waals surface area contributed by atoms with Crippen LogP contribution in [0.1, 0.15) is 22.4 Å². The zero-order chi connectivity index (χ0) is 19.3. The van der Waals surface area contributed by atoms with Crippen LogP contribution < -0.4 is 5.32 Å². The second-order valence-corrected chi connectivity index (χ2v) is 8.77. The standard InChI is InChI=1S/C21H22N2O3S/c1-10-4-5-11(2)15(8-10)18-12(3)27-21(22-18)23-19(24)16-13-6-7-14(9-13)17(16)20(25)26/h4-8,13-14,16-17H,9H2,1-3H3,(H,25,26)(H,22,23,24)/t13-,14-,16+,17-/m0/s1. The number of fused-ring (bicyclic) bond motifs is 2. The smallest absolute Gasteiger partial charge is 0.307 e. The van der Waals surface area contributed by atoms with Crippen LogP contribution >= 0.6 is 11.3 Å². The van der Waals surface area contributed by atoms with E-state index in [1.165, 1.54) is 11.3 Å². The van der Waals surface area contributed by atoms with Gasteiger partial charge in [0.25, 0.3) is 0 Å². The van der Waals surface area contributed by atoms with Gasteiger partial charge in [0.15, 0.2) is 5.13 Å². The van der Waals surface area contributed by atoms with Gasteiger partial charge in [0.05, 0.1) is 17.5 Å². The van der Waals surface area contributed by atoms with Crippen LogP contribution in [0.2, 0.25) is 0 Å². The molecule has 1 saturated carbocycles. The number of benzene rings is 1. The third-order valence-electron chi connectivity index (χ3n) is 5.72. The maximum absolute atomic E-state index is 12.9. The molecule has 1 amide bonds. The van der Waals surface area contributed by atoms with Crippen molar-refractivity contribution < 1.29 is 14.7 Å². The Morgan fingerprint density at radius 2 is 1.85 bits per heavy atom. The van der Waals surface area contributed by atoms with Gasteiger partial charge in [-0.15, -0.1) is 11.3 Å². The minimum Gasteiger partial charge on any atom is -0.481 e. The zero-order valence-corrected chi connectivity index (χ0v) is 16.3. The molecule has 0 saturated heterocycles. The third kappa shape index (κ3) is 3.08. The summed E-state index contributed by atoms with van der Waals surface area (Å²) in [6.07, 6.45) is 4.68. The van der Waals surface area contributed by atoms with Crippen LogP contribution in [0.3, 0.4) is 0 Å². The van der Waals surface area contributed by atoms with E-state index in [0.717, 1.165) is 33.7 Å². The van der Waals surface area contributed by atoms with Gasteiger partial charge in [0.2, 0.25) is 5.91 Å². The lowest BCUT2D eigenvalue weighted by Crippen LogP contribution is -2.36. The number of nitrogens with one attached hydrogen (secondary N) is 1. The Balaban J connectivity index is 1.59. The molecule has 140 valence electrons. The molecule has 2 aliphatic carbocycles. The lowest BCUT2D eigenvalue weighted by Gasteiger charge is -2.23. The summed E-state index contributed by atoms with van der Waals surface area (Å²) >= 11 is 1.43. The Bertz CT molecular complexity index is 962. The number of nitrogens with zero attached hydrogens (tertiary/aromatic N) is 1. The summed E-state index contributed by atoms with van der Waals surface area (Å²) in [5, 5.41) is 13.0. The highest BCUT2D eigenvalue weighted by Crippen LogP contribution is 2.48. The van der Waals surface area contributed by atoms with Crippen molar-refractivity contribution in [3.05, 3.63) is 46.4 Å². The van der Waals surface area contributed by atoms with Gasteiger partial charge < -0.3 is 10.4 Å². The van der Waals surface area contributed by atoms with E-state index in [9.17, 15) is 14.7 Å². The van der Waals surface area contributed by atoms with E-state index in [0.29, 0.717) is 5.13 Å². The monoisotopic (exact) mass is 382 g/mol. The number of carbonyl (C=O) groups is 2. The Hall–Kier alpha value is -2.47. The van der Waals surface area contributed by atoms with E-state index in [1.807, 2.05) is 32.9 Å². The molecule has 6 heteroatoms. The summed E-state index contributed by atoms with van der Waals surface area (Å²) < 4.78 is 0. The molecule has 4 atom stereocenters. The van der Waals surface area contributed by atoms with E-state index >= 15 is 0 Å². The van der Waals surface area contributed by atoms with E-state index in [1.54, 1.807) is 0 Å². The number of thiazole rings is 1. The highest BCUT2D eigenvalue weighted by atomic mass is 32.1. The SMILES string of the molecule is Cc1ccc(C)c(-c2nc(NC(=O)[C@H]3[C@@H](C(=O)O)[C@H]4C=C[C@H]3C4)sc2C)c1. The summed E-state index contributed by atoms with van der Waals surface area (Å²) in [5.41, 5.74) is 4.23. The number of aromatic nitrogens is 1. The molecular weight excluding hydrogens is 360 g/mol. The summed E-state index contributed by atoms with van der Waals surface area (Å²) in [7, 11) is 0. The molecule has 0 aliphatic heterocycles. The number of aliphatic carboxylic acids is 1. The van der Waals surface area contributed by atoms with Crippen molar-refractivity contribution in [2.24, 2.45) is 23.7 Å². The van der Waals surface area contributed by atoms with Gasteiger partial charge >= 0.3 is 5.97 Å². The summed E-state index contributed by atoms with van der Waals surface area (Å²) in [6, 6.07) is 6.24. The van der Waals surface area contributed by atoms with Crippen LogP contribution in [-0.2, 0) is 9.59 Å². The molecule has 0 unspecified atom stereocenters. The fourth-order valence-electron chi connectivity index (χ4n) is 4.40. The molecule has 1 aromatic carbocycles. The van der Waals surface area contributed by atoms with Crippen molar-refractivity contribution in [2.75, 3.05) is 5.32 Å². The van der Waals surface area contributed by atoms with Crippen LogP contribution in [0.5, 0.6) is 0 Å². The minimum atomic E-state index is -0.890. The summed E-state index contributed by atoms with van der Waals surface area (Å²) in [5.74, 6) is -2.31. The Kier molecular flexibility index (Phi) is 4.38. The first-order chi connectivity index (χ1) is 12.8. The number of carboxylic acids is 1. The number of aryl methyl sites for hydroxylation is 3. The van der Waals surface area contributed by atoms with Crippen molar-refractivity contribution in [1.82, 2.24) is 4.98 Å². The number of allylic oxidation sites excluding steroid dienone is 2. The first-order valence-corrected chi connectivity index (χ1v) is 9.94. The van der Waals surface area contributed by atoms with E-state index in [2.05, 4.69) is 28.5 Å². The molecule has 1 aromatic heterocycles. The Labute approximate surface area is 162 Å². The highest BCUT2D eigenvalue weighted by molar-refractivity contribution is 7.16. The number of anilines is 1. The molecule has 2 N–H and O–H groups in total. The van der Waals surface area contributed by atoms with Crippen molar-refractivity contribution in [3.63, 3.8) is 0 Å². The number of hydrogen-bond acceptors (Lipinski definition) is 4. The van der Waals surface area contributed by atoms with Gasteiger partial charge in [0, 0.05) is 10.4 Å². The number of amides is 1. The molecule has 1 heterocycles. The van der Waals surface area contributed by atoms with Crippen molar-refractivity contribution in [3.8, 4) is 11.3 Å².